The van der Waals surface area contributed by atoms with Crippen LogP contribution in [-0.2, 0) is 12.1 Å². The molecule has 2 amide bonds. The van der Waals surface area contributed by atoms with E-state index in [2.05, 4.69) is 40.3 Å². The van der Waals surface area contributed by atoms with E-state index in [0.717, 1.165) is 29.8 Å². The number of nitrogens with zero attached hydrogens (tertiary/aromatic N) is 2. The van der Waals surface area contributed by atoms with Crippen LogP contribution in [0.25, 0.3) is 5.69 Å². The topological polar surface area (TPSA) is 49.3 Å². The van der Waals surface area contributed by atoms with Crippen molar-refractivity contribution in [1.29, 1.82) is 0 Å². The van der Waals surface area contributed by atoms with Crippen molar-refractivity contribution in [3.63, 3.8) is 0 Å². The predicted octanol–water partition coefficient (Wildman–Crippen LogP) is 4.55. The molecule has 0 atom stereocenters. The van der Waals surface area contributed by atoms with Crippen molar-refractivity contribution in [2.45, 2.75) is 31.8 Å². The second-order valence-electron chi connectivity index (χ2n) is 8.26. The van der Waals surface area contributed by atoms with Crippen LogP contribution < -0.4 is 10.6 Å². The third-order valence-corrected chi connectivity index (χ3v) is 6.30. The van der Waals surface area contributed by atoms with Gasteiger partial charge in [0, 0.05) is 31.5 Å². The number of halogens is 1. The van der Waals surface area contributed by atoms with Gasteiger partial charge in [0.2, 0.25) is 0 Å². The Kier molecular flexibility index (Phi) is 4.50. The van der Waals surface area contributed by atoms with Crippen molar-refractivity contribution in [2.24, 2.45) is 0 Å². The number of fused-ring (bicyclic) bond motifs is 4. The summed E-state index contributed by atoms with van der Waals surface area (Å²) >= 11 is 0. The maximum Gasteiger partial charge on any atom is 0.317 e. The van der Waals surface area contributed by atoms with Gasteiger partial charge < -0.3 is 20.1 Å². The van der Waals surface area contributed by atoms with Gasteiger partial charge in [0.1, 0.15) is 5.82 Å². The SMILES string of the molecule is Cc1ccc(CNC(=O)N2CCC3(CC2)Nc2cc(F)ccc2-n2cccc23)cc1. The van der Waals surface area contributed by atoms with Gasteiger partial charge in [-0.1, -0.05) is 29.8 Å². The Morgan fingerprint density at radius 2 is 1.90 bits per heavy atom. The van der Waals surface area contributed by atoms with Crippen molar-refractivity contribution in [3.8, 4) is 5.69 Å². The van der Waals surface area contributed by atoms with Crippen molar-refractivity contribution in [3.05, 3.63) is 83.4 Å². The zero-order chi connectivity index (χ0) is 20.7. The highest BCUT2D eigenvalue weighted by Crippen LogP contribution is 2.43. The van der Waals surface area contributed by atoms with Gasteiger partial charge in [0.05, 0.1) is 16.9 Å². The summed E-state index contributed by atoms with van der Waals surface area (Å²) in [5.74, 6) is -0.250. The zero-order valence-electron chi connectivity index (χ0n) is 17.0. The minimum absolute atomic E-state index is 0.0388. The highest BCUT2D eigenvalue weighted by Gasteiger charge is 2.42. The fraction of sp³-hybridized carbons (Fsp3) is 0.292. The number of nitrogens with one attached hydrogen (secondary N) is 2. The first-order valence-electron chi connectivity index (χ1n) is 10.4. The molecule has 2 aromatic carbocycles. The van der Waals surface area contributed by atoms with Crippen LogP contribution in [0.5, 0.6) is 0 Å². The molecule has 2 N–H and O–H groups in total. The van der Waals surface area contributed by atoms with Gasteiger partial charge in [-0.2, -0.15) is 0 Å². The first-order valence-corrected chi connectivity index (χ1v) is 10.4. The molecule has 3 heterocycles. The number of piperidine rings is 1. The maximum absolute atomic E-state index is 13.9. The monoisotopic (exact) mass is 404 g/mol. The minimum Gasteiger partial charge on any atom is -0.372 e. The fourth-order valence-electron chi connectivity index (χ4n) is 4.59. The Morgan fingerprint density at radius 3 is 2.67 bits per heavy atom. The Labute approximate surface area is 175 Å². The molecule has 0 saturated carbocycles. The molecule has 1 aromatic heterocycles. The van der Waals surface area contributed by atoms with E-state index in [9.17, 15) is 9.18 Å². The quantitative estimate of drug-likeness (QED) is 0.658. The summed E-state index contributed by atoms with van der Waals surface area (Å²) in [4.78, 5) is 14.6. The van der Waals surface area contributed by atoms with E-state index in [1.807, 2.05) is 35.4 Å². The number of carbonyl (C=O) groups is 1. The number of aryl methyl sites for hydroxylation is 1. The third-order valence-electron chi connectivity index (χ3n) is 6.30. The van der Waals surface area contributed by atoms with E-state index in [-0.39, 0.29) is 17.4 Å². The summed E-state index contributed by atoms with van der Waals surface area (Å²) in [7, 11) is 0. The molecule has 0 unspecified atom stereocenters. The molecule has 2 aliphatic heterocycles. The highest BCUT2D eigenvalue weighted by atomic mass is 19.1. The van der Waals surface area contributed by atoms with E-state index < -0.39 is 0 Å². The number of carbonyl (C=O) groups excluding carboxylic acids is 1. The molecule has 1 saturated heterocycles. The lowest BCUT2D eigenvalue weighted by Crippen LogP contribution is -2.52. The van der Waals surface area contributed by atoms with Crippen LogP contribution in [0.15, 0.2) is 60.8 Å². The highest BCUT2D eigenvalue weighted by molar-refractivity contribution is 5.74. The van der Waals surface area contributed by atoms with Crippen molar-refractivity contribution in [1.82, 2.24) is 14.8 Å². The molecule has 6 heteroatoms. The number of rotatable bonds is 2. The Balaban J connectivity index is 1.28. The van der Waals surface area contributed by atoms with Crippen LogP contribution in [0.3, 0.4) is 0 Å². The average Bonchev–Trinajstić information content (AvgIpc) is 3.25. The van der Waals surface area contributed by atoms with Crippen LogP contribution in [-0.4, -0.2) is 28.6 Å². The molecule has 1 fully saturated rings. The van der Waals surface area contributed by atoms with Gasteiger partial charge in [-0.15, -0.1) is 0 Å². The number of hydrogen-bond acceptors (Lipinski definition) is 2. The number of amides is 2. The van der Waals surface area contributed by atoms with Gasteiger partial charge in [0.25, 0.3) is 0 Å². The molecule has 2 aliphatic rings. The zero-order valence-corrected chi connectivity index (χ0v) is 17.0. The Bertz CT molecular complexity index is 1080. The molecule has 0 bridgehead atoms. The summed E-state index contributed by atoms with van der Waals surface area (Å²) in [6.45, 7) is 3.86. The summed E-state index contributed by atoms with van der Waals surface area (Å²) < 4.78 is 16.0. The van der Waals surface area contributed by atoms with Crippen molar-refractivity contribution in [2.75, 3.05) is 18.4 Å². The van der Waals surface area contributed by atoms with E-state index in [4.69, 9.17) is 0 Å². The Morgan fingerprint density at radius 1 is 1.13 bits per heavy atom. The molecule has 154 valence electrons. The number of aromatic nitrogens is 1. The van der Waals surface area contributed by atoms with Crippen LogP contribution in [0.1, 0.15) is 29.7 Å². The lowest BCUT2D eigenvalue weighted by Gasteiger charge is -2.46. The van der Waals surface area contributed by atoms with E-state index >= 15 is 0 Å². The number of likely N-dealkylation sites (tertiary alicyclic amines) is 1. The van der Waals surface area contributed by atoms with E-state index in [0.29, 0.717) is 19.6 Å². The van der Waals surface area contributed by atoms with Crippen molar-refractivity contribution < 1.29 is 9.18 Å². The lowest BCUT2D eigenvalue weighted by atomic mass is 9.82. The predicted molar refractivity (Wildman–Crippen MR) is 115 cm³/mol. The fourth-order valence-corrected chi connectivity index (χ4v) is 4.59. The third kappa shape index (κ3) is 3.22. The summed E-state index contributed by atoms with van der Waals surface area (Å²) in [5.41, 5.74) is 4.93. The van der Waals surface area contributed by atoms with Crippen LogP contribution >= 0.6 is 0 Å². The molecule has 5 nitrogen and oxygen atoms in total. The first kappa shape index (κ1) is 18.7. The first-order chi connectivity index (χ1) is 14.5. The molecular formula is C24H25FN4O. The van der Waals surface area contributed by atoms with E-state index in [1.165, 1.54) is 17.3 Å². The molecule has 5 rings (SSSR count). The molecule has 30 heavy (non-hydrogen) atoms. The summed E-state index contributed by atoms with van der Waals surface area (Å²) in [5, 5.41) is 6.63. The normalized spacial score (nSPS) is 16.5. The van der Waals surface area contributed by atoms with Gasteiger partial charge in [0.15, 0.2) is 0 Å². The molecular weight excluding hydrogens is 379 g/mol. The summed E-state index contributed by atoms with van der Waals surface area (Å²) in [6, 6.07) is 17.1. The van der Waals surface area contributed by atoms with Gasteiger partial charge in [-0.25, -0.2) is 9.18 Å². The standard InChI is InChI=1S/C24H25FN4O/c1-17-4-6-18(7-5-17)16-26-23(30)28-13-10-24(11-14-28)22-3-2-12-29(22)21-9-8-19(25)15-20(21)27-24/h2-9,12,15,27H,10-11,13-14,16H2,1H3,(H,26,30). The number of anilines is 1. The molecule has 0 aliphatic carbocycles. The van der Waals surface area contributed by atoms with E-state index in [1.54, 1.807) is 6.07 Å². The largest absolute Gasteiger partial charge is 0.372 e. The second kappa shape index (κ2) is 7.20. The number of hydrogen-bond donors (Lipinski definition) is 2. The number of benzene rings is 2. The minimum atomic E-state index is -0.294. The van der Waals surface area contributed by atoms with Gasteiger partial charge >= 0.3 is 6.03 Å². The van der Waals surface area contributed by atoms with Gasteiger partial charge in [-0.05, 0) is 55.7 Å². The van der Waals surface area contributed by atoms with Crippen molar-refractivity contribution >= 4 is 11.7 Å². The van der Waals surface area contributed by atoms with Crippen LogP contribution in [0.4, 0.5) is 14.9 Å². The smallest absolute Gasteiger partial charge is 0.317 e. The molecule has 3 aromatic rings. The molecule has 1 spiro atoms. The Hall–Kier alpha value is -3.28. The van der Waals surface area contributed by atoms with Crippen LogP contribution in [0.2, 0.25) is 0 Å². The maximum atomic E-state index is 13.9. The second-order valence-corrected chi connectivity index (χ2v) is 8.26. The van der Waals surface area contributed by atoms with Gasteiger partial charge in [-0.3, -0.25) is 0 Å². The average molecular weight is 404 g/mol. The number of urea groups is 1. The lowest BCUT2D eigenvalue weighted by molar-refractivity contribution is 0.162. The van der Waals surface area contributed by atoms with Crippen LogP contribution in [0, 0.1) is 12.7 Å². The summed E-state index contributed by atoms with van der Waals surface area (Å²) in [6.07, 6.45) is 3.56. The molecule has 0 radical (unpaired) electrons.